The highest BCUT2D eigenvalue weighted by atomic mass is 16.6. The molecule has 0 radical (unpaired) electrons. The first-order valence-corrected chi connectivity index (χ1v) is 5.72. The number of esters is 1. The van der Waals surface area contributed by atoms with Crippen LogP contribution in [0.3, 0.4) is 0 Å². The van der Waals surface area contributed by atoms with Gasteiger partial charge in [0, 0.05) is 19.2 Å². The minimum atomic E-state index is -0.401. The van der Waals surface area contributed by atoms with E-state index >= 15 is 0 Å². The Labute approximate surface area is 105 Å². The van der Waals surface area contributed by atoms with E-state index in [0.717, 1.165) is 5.69 Å². The zero-order chi connectivity index (χ0) is 13.1. The highest BCUT2D eigenvalue weighted by Gasteiger charge is 2.14. The molecule has 0 saturated carbocycles. The lowest BCUT2D eigenvalue weighted by Crippen LogP contribution is -2.10. The Balaban J connectivity index is 1.98. The molecular formula is C12H15N3O3. The molecule has 2 heterocycles. The van der Waals surface area contributed by atoms with E-state index in [1.165, 1.54) is 0 Å². The highest BCUT2D eigenvalue weighted by Crippen LogP contribution is 2.09. The molecule has 6 heteroatoms. The second-order valence-electron chi connectivity index (χ2n) is 3.95. The van der Waals surface area contributed by atoms with E-state index in [9.17, 15) is 4.79 Å². The minimum absolute atomic E-state index is 0.00391. The minimum Gasteiger partial charge on any atom is -0.451 e. The second kappa shape index (κ2) is 5.03. The molecule has 0 aliphatic rings. The second-order valence-corrected chi connectivity index (χ2v) is 3.95. The van der Waals surface area contributed by atoms with Crippen molar-refractivity contribution in [2.24, 2.45) is 7.05 Å². The summed E-state index contributed by atoms with van der Waals surface area (Å²) in [5, 5.41) is 3.72. The monoisotopic (exact) mass is 249 g/mol. The normalized spacial score (nSPS) is 10.6. The van der Waals surface area contributed by atoms with Crippen LogP contribution >= 0.6 is 0 Å². The van der Waals surface area contributed by atoms with E-state index in [-0.39, 0.29) is 6.61 Å². The van der Waals surface area contributed by atoms with Crippen molar-refractivity contribution in [2.75, 3.05) is 0 Å². The van der Waals surface area contributed by atoms with E-state index in [4.69, 9.17) is 9.26 Å². The van der Waals surface area contributed by atoms with Crippen LogP contribution in [0.25, 0.3) is 0 Å². The van der Waals surface area contributed by atoms with Crippen molar-refractivity contribution in [1.82, 2.24) is 14.7 Å². The van der Waals surface area contributed by atoms with Crippen LogP contribution in [0.15, 0.2) is 16.7 Å². The summed E-state index contributed by atoms with van der Waals surface area (Å²) in [6.07, 6.45) is 0.689. The van der Waals surface area contributed by atoms with Crippen LogP contribution in [-0.2, 0) is 24.8 Å². The fourth-order valence-corrected chi connectivity index (χ4v) is 1.51. The third kappa shape index (κ3) is 2.42. The molecule has 0 aromatic carbocycles. The van der Waals surface area contributed by atoms with Gasteiger partial charge >= 0.3 is 5.97 Å². The van der Waals surface area contributed by atoms with E-state index in [1.807, 2.05) is 27.0 Å². The molecule has 6 nitrogen and oxygen atoms in total. The van der Waals surface area contributed by atoms with Crippen LogP contribution in [0.2, 0.25) is 0 Å². The van der Waals surface area contributed by atoms with Crippen molar-refractivity contribution < 1.29 is 14.1 Å². The molecule has 0 aliphatic heterocycles. The number of nitrogens with zero attached hydrogens (tertiary/aromatic N) is 3. The van der Waals surface area contributed by atoms with Crippen LogP contribution in [0.1, 0.15) is 34.8 Å². The number of ether oxygens (including phenoxy) is 1. The zero-order valence-electron chi connectivity index (χ0n) is 10.6. The molecule has 0 aliphatic carbocycles. The Bertz CT molecular complexity index is 557. The fraction of sp³-hybridized carbons (Fsp3) is 0.417. The fourth-order valence-electron chi connectivity index (χ4n) is 1.51. The summed E-state index contributed by atoms with van der Waals surface area (Å²) in [5.41, 5.74) is 1.50. The van der Waals surface area contributed by atoms with Gasteiger partial charge in [-0.1, -0.05) is 12.1 Å². The first kappa shape index (κ1) is 12.3. The van der Waals surface area contributed by atoms with Gasteiger partial charge in [-0.05, 0) is 19.1 Å². The summed E-state index contributed by atoms with van der Waals surface area (Å²) < 4.78 is 11.8. The van der Waals surface area contributed by atoms with E-state index in [1.54, 1.807) is 10.6 Å². The smallest absolute Gasteiger partial charge is 0.355 e. The molecule has 0 N–H and O–H groups in total. The predicted octanol–water partition coefficient (Wildman–Crippen LogP) is 1.64. The molecule has 0 unspecified atom stereocenters. The number of rotatable bonds is 4. The number of hydrogen-bond acceptors (Lipinski definition) is 5. The van der Waals surface area contributed by atoms with Gasteiger partial charge in [-0.2, -0.15) is 4.98 Å². The van der Waals surface area contributed by atoms with Gasteiger partial charge in [0.05, 0.1) is 0 Å². The summed E-state index contributed by atoms with van der Waals surface area (Å²) >= 11 is 0. The van der Waals surface area contributed by atoms with E-state index < -0.39 is 5.97 Å². The average molecular weight is 249 g/mol. The maximum absolute atomic E-state index is 11.8. The van der Waals surface area contributed by atoms with Crippen molar-refractivity contribution in [3.63, 3.8) is 0 Å². The molecule has 2 aromatic heterocycles. The van der Waals surface area contributed by atoms with Crippen molar-refractivity contribution in [3.8, 4) is 0 Å². The lowest BCUT2D eigenvalue weighted by molar-refractivity contribution is 0.0418. The van der Waals surface area contributed by atoms with Crippen LogP contribution in [-0.4, -0.2) is 20.7 Å². The molecular weight excluding hydrogens is 234 g/mol. The Morgan fingerprint density at radius 3 is 2.83 bits per heavy atom. The lowest BCUT2D eigenvalue weighted by atomic mass is 10.4. The third-order valence-corrected chi connectivity index (χ3v) is 2.74. The van der Waals surface area contributed by atoms with E-state index in [0.29, 0.717) is 23.8 Å². The van der Waals surface area contributed by atoms with Gasteiger partial charge in [0.25, 0.3) is 5.89 Å². The molecule has 0 amide bonds. The summed E-state index contributed by atoms with van der Waals surface area (Å²) in [4.78, 5) is 15.9. The van der Waals surface area contributed by atoms with Gasteiger partial charge in [-0.15, -0.1) is 0 Å². The summed E-state index contributed by atoms with van der Waals surface area (Å²) in [6.45, 7) is 3.84. The van der Waals surface area contributed by atoms with Crippen LogP contribution in [0, 0.1) is 6.92 Å². The van der Waals surface area contributed by atoms with Gasteiger partial charge < -0.3 is 13.8 Å². The van der Waals surface area contributed by atoms with Crippen LogP contribution in [0.5, 0.6) is 0 Å². The molecule has 0 fully saturated rings. The maximum atomic E-state index is 11.8. The first-order valence-electron chi connectivity index (χ1n) is 5.72. The Morgan fingerprint density at radius 1 is 1.50 bits per heavy atom. The number of carbonyl (C=O) groups excluding carboxylic acids is 1. The largest absolute Gasteiger partial charge is 0.451 e. The summed E-state index contributed by atoms with van der Waals surface area (Å²) in [7, 11) is 1.81. The number of aryl methyl sites for hydroxylation is 2. The molecule has 96 valence electrons. The molecule has 2 aromatic rings. The Morgan fingerprint density at radius 2 is 2.28 bits per heavy atom. The summed E-state index contributed by atoms with van der Waals surface area (Å²) in [5.74, 6) is 0.517. The van der Waals surface area contributed by atoms with E-state index in [2.05, 4.69) is 10.1 Å². The third-order valence-electron chi connectivity index (χ3n) is 2.74. The molecule has 0 bridgehead atoms. The zero-order valence-corrected chi connectivity index (χ0v) is 10.6. The van der Waals surface area contributed by atoms with Gasteiger partial charge in [0.15, 0.2) is 12.4 Å². The van der Waals surface area contributed by atoms with Crippen LogP contribution < -0.4 is 0 Å². The highest BCUT2D eigenvalue weighted by molar-refractivity contribution is 5.87. The molecule has 2 rings (SSSR count). The Kier molecular flexibility index (Phi) is 3.45. The molecule has 0 spiro atoms. The molecule has 18 heavy (non-hydrogen) atoms. The van der Waals surface area contributed by atoms with Gasteiger partial charge in [0.2, 0.25) is 0 Å². The molecule has 0 atom stereocenters. The first-order chi connectivity index (χ1) is 8.61. The van der Waals surface area contributed by atoms with Crippen molar-refractivity contribution in [2.45, 2.75) is 26.9 Å². The van der Waals surface area contributed by atoms with Crippen molar-refractivity contribution in [1.29, 1.82) is 0 Å². The van der Waals surface area contributed by atoms with Gasteiger partial charge in [-0.25, -0.2) is 4.79 Å². The SMILES string of the molecule is CCc1noc(COC(=O)c2ccc(C)n2C)n1. The standard InChI is InChI=1S/C12H15N3O3/c1-4-10-13-11(18-14-10)7-17-12(16)9-6-5-8(2)15(9)3/h5-6H,4,7H2,1-3H3. The summed E-state index contributed by atoms with van der Waals surface area (Å²) in [6, 6.07) is 3.58. The van der Waals surface area contributed by atoms with Crippen molar-refractivity contribution >= 4 is 5.97 Å². The van der Waals surface area contributed by atoms with Gasteiger partial charge in [-0.3, -0.25) is 0 Å². The average Bonchev–Trinajstić information content (AvgIpc) is 2.95. The Hall–Kier alpha value is -2.11. The van der Waals surface area contributed by atoms with Crippen LogP contribution in [0.4, 0.5) is 0 Å². The van der Waals surface area contributed by atoms with Gasteiger partial charge in [0.1, 0.15) is 5.69 Å². The number of aromatic nitrogens is 3. The topological polar surface area (TPSA) is 70.2 Å². The number of hydrogen-bond donors (Lipinski definition) is 0. The predicted molar refractivity (Wildman–Crippen MR) is 62.9 cm³/mol. The maximum Gasteiger partial charge on any atom is 0.355 e. The number of carbonyl (C=O) groups is 1. The van der Waals surface area contributed by atoms with Crippen molar-refractivity contribution in [3.05, 3.63) is 35.2 Å². The molecule has 0 saturated heterocycles. The quantitative estimate of drug-likeness (QED) is 0.770. The lowest BCUT2D eigenvalue weighted by Gasteiger charge is -2.04.